The first-order chi connectivity index (χ1) is 9.16. The van der Waals surface area contributed by atoms with Crippen molar-refractivity contribution in [1.82, 2.24) is 14.3 Å². The number of benzene rings is 1. The third kappa shape index (κ3) is 2.12. The van der Waals surface area contributed by atoms with Crippen molar-refractivity contribution < 1.29 is 5.11 Å². The lowest BCUT2D eigenvalue weighted by atomic mass is 9.86. The summed E-state index contributed by atoms with van der Waals surface area (Å²) in [5, 5.41) is 12.7. The minimum absolute atomic E-state index is 0.490. The van der Waals surface area contributed by atoms with Crippen LogP contribution < -0.4 is 11.4 Å². The van der Waals surface area contributed by atoms with Crippen molar-refractivity contribution in [2.45, 2.75) is 38.8 Å². The van der Waals surface area contributed by atoms with Crippen molar-refractivity contribution in [2.75, 3.05) is 0 Å². The second kappa shape index (κ2) is 4.49. The summed E-state index contributed by atoms with van der Waals surface area (Å²) in [6, 6.07) is 8.66. The largest absolute Gasteiger partial charge is 0.388 e. The van der Waals surface area contributed by atoms with Gasteiger partial charge in [-0.15, -0.1) is 0 Å². The van der Waals surface area contributed by atoms with Gasteiger partial charge in [-0.3, -0.25) is 0 Å². The van der Waals surface area contributed by atoms with Gasteiger partial charge in [-0.1, -0.05) is 18.2 Å². The van der Waals surface area contributed by atoms with Crippen LogP contribution in [0, 0.1) is 0 Å². The number of hydrogen-bond donors (Lipinski definition) is 2. The van der Waals surface area contributed by atoms with Gasteiger partial charge in [0.15, 0.2) is 0 Å². The average molecular weight is 277 g/mol. The fourth-order valence-electron chi connectivity index (χ4n) is 1.84. The molecule has 6 heteroatoms. The quantitative estimate of drug-likeness (QED) is 0.872. The number of H-pyrrole nitrogens is 1. The topological polar surface area (TPSA) is 80.0 Å². The van der Waals surface area contributed by atoms with Gasteiger partial charge in [-0.25, -0.2) is 23.9 Å². The summed E-state index contributed by atoms with van der Waals surface area (Å²) >= 11 is 0. The van der Waals surface area contributed by atoms with Crippen LogP contribution in [0.5, 0.6) is 0 Å². The highest BCUT2D eigenvalue weighted by atomic mass is 16.3. The molecule has 0 unspecified atom stereocenters. The molecule has 0 saturated heterocycles. The van der Waals surface area contributed by atoms with E-state index < -0.39 is 22.5 Å². The maximum atomic E-state index is 12.5. The molecule has 0 saturated carbocycles. The standard InChI is InChI=1S/C14H19N3O3/c1-13(2,14(3,4)20)17-12(19)16(11(18)15-17)10-8-6-5-7-9-10/h5-9,20H,1-4H3,(H,15,18). The predicted octanol–water partition coefficient (Wildman–Crippen LogP) is 0.833. The molecule has 2 N–H and O–H groups in total. The Morgan fingerprint density at radius 3 is 2.10 bits per heavy atom. The molecule has 0 spiro atoms. The zero-order chi connectivity index (χ0) is 15.1. The first-order valence-electron chi connectivity index (χ1n) is 6.38. The van der Waals surface area contributed by atoms with Crippen molar-refractivity contribution in [1.29, 1.82) is 0 Å². The SMILES string of the molecule is CC(C)(O)C(C)(C)n1[nH]c(=O)n(-c2ccccc2)c1=O. The third-order valence-corrected chi connectivity index (χ3v) is 3.86. The van der Waals surface area contributed by atoms with Gasteiger partial charge in [0, 0.05) is 0 Å². The molecule has 0 amide bonds. The lowest BCUT2D eigenvalue weighted by Crippen LogP contribution is -2.52. The normalized spacial score (nSPS) is 12.7. The Kier molecular flexibility index (Phi) is 3.21. The number of para-hydroxylation sites is 1. The fraction of sp³-hybridized carbons (Fsp3) is 0.429. The van der Waals surface area contributed by atoms with Gasteiger partial charge in [0.1, 0.15) is 0 Å². The molecule has 0 radical (unpaired) electrons. The first kappa shape index (κ1) is 14.3. The van der Waals surface area contributed by atoms with E-state index in [0.29, 0.717) is 5.69 Å². The Balaban J connectivity index is 2.69. The molecule has 1 aromatic carbocycles. The number of aromatic amines is 1. The van der Waals surface area contributed by atoms with E-state index in [-0.39, 0.29) is 0 Å². The molecule has 6 nitrogen and oxygen atoms in total. The molecule has 0 fully saturated rings. The molecule has 0 aliphatic carbocycles. The maximum Gasteiger partial charge on any atom is 0.352 e. The van der Waals surface area contributed by atoms with Crippen LogP contribution in [0.2, 0.25) is 0 Å². The Bertz CT molecular complexity index is 715. The van der Waals surface area contributed by atoms with Crippen LogP contribution in [0.1, 0.15) is 27.7 Å². The third-order valence-electron chi connectivity index (χ3n) is 3.86. The molecular formula is C14H19N3O3. The second-order valence-corrected chi connectivity index (χ2v) is 5.82. The van der Waals surface area contributed by atoms with Gasteiger partial charge in [0.2, 0.25) is 0 Å². The molecule has 2 aromatic rings. The Morgan fingerprint density at radius 2 is 1.60 bits per heavy atom. The van der Waals surface area contributed by atoms with E-state index in [1.807, 2.05) is 0 Å². The molecule has 108 valence electrons. The lowest BCUT2D eigenvalue weighted by molar-refractivity contribution is -0.0344. The number of hydrogen-bond acceptors (Lipinski definition) is 3. The predicted molar refractivity (Wildman–Crippen MR) is 76.3 cm³/mol. The van der Waals surface area contributed by atoms with Crippen LogP contribution in [0.3, 0.4) is 0 Å². The Morgan fingerprint density at radius 1 is 1.05 bits per heavy atom. The summed E-state index contributed by atoms with van der Waals surface area (Å²) < 4.78 is 2.22. The molecule has 0 aliphatic heterocycles. The number of nitrogens with zero attached hydrogens (tertiary/aromatic N) is 2. The summed E-state index contributed by atoms with van der Waals surface area (Å²) in [7, 11) is 0. The van der Waals surface area contributed by atoms with E-state index in [9.17, 15) is 14.7 Å². The maximum absolute atomic E-state index is 12.5. The van der Waals surface area contributed by atoms with Gasteiger partial charge in [-0.05, 0) is 39.8 Å². The smallest absolute Gasteiger partial charge is 0.352 e. The van der Waals surface area contributed by atoms with E-state index in [1.165, 1.54) is 4.68 Å². The average Bonchev–Trinajstić information content (AvgIpc) is 2.65. The van der Waals surface area contributed by atoms with E-state index in [1.54, 1.807) is 58.0 Å². The van der Waals surface area contributed by atoms with Crippen LogP contribution in [0.4, 0.5) is 0 Å². The van der Waals surface area contributed by atoms with Crippen LogP contribution in [0.15, 0.2) is 39.9 Å². The first-order valence-corrected chi connectivity index (χ1v) is 6.38. The highest BCUT2D eigenvalue weighted by molar-refractivity contribution is 5.30. The van der Waals surface area contributed by atoms with Crippen LogP contribution in [-0.4, -0.2) is 25.1 Å². The number of rotatable bonds is 3. The van der Waals surface area contributed by atoms with Crippen molar-refractivity contribution in [3.05, 3.63) is 51.3 Å². The molecule has 1 heterocycles. The zero-order valence-electron chi connectivity index (χ0n) is 12.0. The molecule has 2 rings (SSSR count). The number of aromatic nitrogens is 3. The Labute approximate surface area is 116 Å². The van der Waals surface area contributed by atoms with Crippen molar-refractivity contribution in [2.24, 2.45) is 0 Å². The van der Waals surface area contributed by atoms with Crippen molar-refractivity contribution in [3.63, 3.8) is 0 Å². The van der Waals surface area contributed by atoms with Crippen LogP contribution >= 0.6 is 0 Å². The van der Waals surface area contributed by atoms with E-state index >= 15 is 0 Å². The summed E-state index contributed by atoms with van der Waals surface area (Å²) in [4.78, 5) is 24.5. The Hall–Kier alpha value is -2.08. The monoisotopic (exact) mass is 277 g/mol. The molecule has 20 heavy (non-hydrogen) atoms. The zero-order valence-corrected chi connectivity index (χ0v) is 12.0. The number of aliphatic hydroxyl groups is 1. The van der Waals surface area contributed by atoms with E-state index in [0.717, 1.165) is 4.57 Å². The summed E-state index contributed by atoms with van der Waals surface area (Å²) in [6.07, 6.45) is 0. The van der Waals surface area contributed by atoms with Gasteiger partial charge >= 0.3 is 11.4 Å². The molecule has 0 bridgehead atoms. The second-order valence-electron chi connectivity index (χ2n) is 5.82. The van der Waals surface area contributed by atoms with Gasteiger partial charge in [0.05, 0.1) is 16.8 Å². The molecule has 0 aliphatic rings. The summed E-state index contributed by atoms with van der Waals surface area (Å²) in [5.74, 6) is 0. The van der Waals surface area contributed by atoms with Gasteiger partial charge in [0.25, 0.3) is 0 Å². The minimum Gasteiger partial charge on any atom is -0.388 e. The van der Waals surface area contributed by atoms with Crippen molar-refractivity contribution >= 4 is 0 Å². The summed E-state index contributed by atoms with van der Waals surface area (Å²) in [5.41, 5.74) is -2.68. The fourth-order valence-corrected chi connectivity index (χ4v) is 1.84. The number of nitrogens with one attached hydrogen (secondary N) is 1. The molecule has 0 atom stereocenters. The minimum atomic E-state index is -1.18. The van der Waals surface area contributed by atoms with Gasteiger partial charge < -0.3 is 5.11 Å². The summed E-state index contributed by atoms with van der Waals surface area (Å²) in [6.45, 7) is 6.58. The lowest BCUT2D eigenvalue weighted by Gasteiger charge is -2.36. The van der Waals surface area contributed by atoms with Crippen LogP contribution in [-0.2, 0) is 5.54 Å². The van der Waals surface area contributed by atoms with Crippen molar-refractivity contribution in [3.8, 4) is 5.69 Å². The van der Waals surface area contributed by atoms with Crippen LogP contribution in [0.25, 0.3) is 5.69 Å². The highest BCUT2D eigenvalue weighted by Gasteiger charge is 2.39. The van der Waals surface area contributed by atoms with E-state index in [2.05, 4.69) is 5.10 Å². The molecule has 1 aromatic heterocycles. The highest BCUT2D eigenvalue weighted by Crippen LogP contribution is 2.26. The van der Waals surface area contributed by atoms with Gasteiger partial charge in [-0.2, -0.15) is 0 Å². The molecular weight excluding hydrogens is 258 g/mol. The van der Waals surface area contributed by atoms with E-state index in [4.69, 9.17) is 0 Å².